The highest BCUT2D eigenvalue weighted by atomic mass is 19.1. The van der Waals surface area contributed by atoms with Gasteiger partial charge in [0.15, 0.2) is 0 Å². The number of rotatable bonds is 47. The Kier molecular flexibility index (Phi) is 45.4. The van der Waals surface area contributed by atoms with E-state index in [9.17, 15) is 9.59 Å². The molecule has 0 amide bonds. The molecule has 0 saturated heterocycles. The molecule has 6 aromatic rings. The number of carbonyl (C=O) groups excluding carboxylic acids is 2. The van der Waals surface area contributed by atoms with Crippen molar-refractivity contribution in [3.63, 3.8) is 0 Å². The molecule has 0 radical (unpaired) electrons. The number of hydrogen-bond acceptors (Lipinski definition) is 8. The summed E-state index contributed by atoms with van der Waals surface area (Å²) in [6.07, 6.45) is 63.9. The fourth-order valence-electron chi connectivity index (χ4n) is 20.4. The Morgan fingerprint density at radius 2 is 0.645 bits per heavy atom. The van der Waals surface area contributed by atoms with Crippen molar-refractivity contribution in [2.75, 3.05) is 33.0 Å². The highest BCUT2D eigenvalue weighted by Crippen LogP contribution is 2.44. The maximum Gasteiger partial charge on any atom is 0.338 e. The molecule has 9 heteroatoms. The van der Waals surface area contributed by atoms with Crippen LogP contribution in [0.3, 0.4) is 0 Å². The summed E-state index contributed by atoms with van der Waals surface area (Å²) in [5.41, 5.74) is 12.0. The van der Waals surface area contributed by atoms with Gasteiger partial charge >= 0.3 is 11.9 Å². The Morgan fingerprint density at radius 1 is 0.306 bits per heavy atom. The first-order chi connectivity index (χ1) is 59.4. The first kappa shape index (κ1) is 96.9. The molecule has 0 aromatic heterocycles. The van der Waals surface area contributed by atoms with Gasteiger partial charge in [0.1, 0.15) is 23.4 Å². The summed E-state index contributed by atoms with van der Waals surface area (Å²) in [6.45, 7) is 17.4. The molecule has 0 spiro atoms. The number of ether oxygens (including phenoxy) is 6. The lowest BCUT2D eigenvalue weighted by molar-refractivity contribution is 0.0142. The Morgan fingerprint density at radius 3 is 1.19 bits per heavy atom. The summed E-state index contributed by atoms with van der Waals surface area (Å²) in [4.78, 5) is 25.2. The normalized spacial score (nSPS) is 23.1. The van der Waals surface area contributed by atoms with Crippen LogP contribution in [0.25, 0.3) is 0 Å². The molecular formula is C112H165FO8. The van der Waals surface area contributed by atoms with Crippen molar-refractivity contribution < 1.29 is 42.4 Å². The summed E-state index contributed by atoms with van der Waals surface area (Å²) in [7, 11) is 0. The molecule has 6 fully saturated rings. The molecule has 0 atom stereocenters. The fourth-order valence-corrected chi connectivity index (χ4v) is 20.4. The predicted molar refractivity (Wildman–Crippen MR) is 503 cm³/mol. The van der Waals surface area contributed by atoms with Gasteiger partial charge in [-0.15, -0.1) is 0 Å². The molecule has 0 heterocycles. The Bertz CT molecular complexity index is 3670. The summed E-state index contributed by atoms with van der Waals surface area (Å²) in [5.74, 6) is 8.09. The molecule has 0 bridgehead atoms. The first-order valence-corrected chi connectivity index (χ1v) is 50.5. The van der Waals surface area contributed by atoms with Crippen LogP contribution in [0.1, 0.15) is 445 Å². The minimum Gasteiger partial charge on any atom is -0.494 e. The van der Waals surface area contributed by atoms with Gasteiger partial charge in [-0.3, -0.25) is 0 Å². The van der Waals surface area contributed by atoms with Crippen molar-refractivity contribution in [2.24, 2.45) is 23.7 Å². The van der Waals surface area contributed by atoms with Gasteiger partial charge in [-0.2, -0.15) is 0 Å². The topological polar surface area (TPSA) is 89.5 Å². The molecule has 6 aromatic carbocycles. The highest BCUT2D eigenvalue weighted by molar-refractivity contribution is 5.90. The van der Waals surface area contributed by atoms with E-state index in [0.717, 1.165) is 175 Å². The second kappa shape index (κ2) is 56.6. The average Bonchev–Trinajstić information content (AvgIpc) is 0.843. The van der Waals surface area contributed by atoms with Gasteiger partial charge in [-0.05, 0) is 358 Å². The van der Waals surface area contributed by atoms with Gasteiger partial charge < -0.3 is 28.4 Å². The van der Waals surface area contributed by atoms with E-state index in [0.29, 0.717) is 48.4 Å². The van der Waals surface area contributed by atoms with Crippen molar-refractivity contribution in [2.45, 2.75) is 417 Å². The molecule has 6 aliphatic carbocycles. The summed E-state index contributed by atoms with van der Waals surface area (Å²) in [6, 6.07) is 49.1. The van der Waals surface area contributed by atoms with Crippen molar-refractivity contribution in [3.05, 3.63) is 201 Å². The fraction of sp³-hybridized carbons (Fsp3) is 0.661. The van der Waals surface area contributed by atoms with Gasteiger partial charge in [-0.1, -0.05) is 248 Å². The number of carbonyl (C=O) groups is 2. The molecule has 6 aliphatic rings. The lowest BCUT2D eigenvalue weighted by Crippen LogP contribution is -2.24. The van der Waals surface area contributed by atoms with E-state index in [1.165, 1.54) is 253 Å². The zero-order chi connectivity index (χ0) is 84.7. The second-order valence-corrected chi connectivity index (χ2v) is 38.4. The van der Waals surface area contributed by atoms with Gasteiger partial charge in [0.05, 0.1) is 43.2 Å². The van der Waals surface area contributed by atoms with Crippen molar-refractivity contribution in [1.82, 2.24) is 0 Å². The molecule has 121 heavy (non-hydrogen) atoms. The third-order valence-corrected chi connectivity index (χ3v) is 28.8. The molecule has 0 N–H and O–H groups in total. The smallest absolute Gasteiger partial charge is 0.338 e. The quantitative estimate of drug-likeness (QED) is 0.0276. The first-order valence-electron chi connectivity index (χ1n) is 50.5. The Hall–Kier alpha value is -6.29. The third kappa shape index (κ3) is 35.9. The van der Waals surface area contributed by atoms with Crippen LogP contribution in [0.2, 0.25) is 0 Å². The van der Waals surface area contributed by atoms with E-state index in [-0.39, 0.29) is 23.9 Å². The number of hydrogen-bond donors (Lipinski definition) is 0. The number of unbranched alkanes of at least 4 members (excludes halogenated alkanes) is 16. The van der Waals surface area contributed by atoms with E-state index in [1.807, 2.05) is 48.5 Å². The number of esters is 2. The lowest BCUT2D eigenvalue weighted by atomic mass is 9.75. The molecular weight excluding hydrogens is 1490 g/mol. The average molecular weight is 1660 g/mol. The maximum absolute atomic E-state index is 15.1. The third-order valence-electron chi connectivity index (χ3n) is 28.8. The molecule has 12 rings (SSSR count). The summed E-state index contributed by atoms with van der Waals surface area (Å²) >= 11 is 0. The monoisotopic (exact) mass is 1660 g/mol. The van der Waals surface area contributed by atoms with E-state index in [1.54, 1.807) is 28.8 Å². The van der Waals surface area contributed by atoms with Crippen molar-refractivity contribution >= 4 is 11.9 Å². The van der Waals surface area contributed by atoms with E-state index in [2.05, 4.69) is 120 Å². The van der Waals surface area contributed by atoms with E-state index < -0.39 is 0 Å². The molecule has 668 valence electrons. The maximum atomic E-state index is 15.1. The number of halogens is 1. The Labute approximate surface area is 736 Å². The van der Waals surface area contributed by atoms with Crippen LogP contribution >= 0.6 is 0 Å². The van der Waals surface area contributed by atoms with Crippen molar-refractivity contribution in [1.29, 1.82) is 0 Å². The van der Waals surface area contributed by atoms with Crippen LogP contribution in [0, 0.1) is 29.5 Å². The van der Waals surface area contributed by atoms with Crippen LogP contribution in [-0.4, -0.2) is 63.3 Å². The van der Waals surface area contributed by atoms with Gasteiger partial charge in [-0.25, -0.2) is 14.0 Å². The van der Waals surface area contributed by atoms with Crippen LogP contribution in [0.4, 0.5) is 4.39 Å². The lowest BCUT2D eigenvalue weighted by Gasteiger charge is -2.30. The minimum atomic E-state index is -0.271. The largest absolute Gasteiger partial charge is 0.494 e. The minimum absolute atomic E-state index is 0.0248. The second-order valence-electron chi connectivity index (χ2n) is 38.4. The van der Waals surface area contributed by atoms with Crippen LogP contribution in [0.15, 0.2) is 140 Å². The summed E-state index contributed by atoms with van der Waals surface area (Å²) in [5, 5.41) is 0. The predicted octanol–water partition coefficient (Wildman–Crippen LogP) is 31.9. The summed E-state index contributed by atoms with van der Waals surface area (Å²) < 4.78 is 50.3. The molecule has 0 unspecified atom stereocenters. The van der Waals surface area contributed by atoms with E-state index >= 15 is 4.39 Å². The van der Waals surface area contributed by atoms with Gasteiger partial charge in [0.2, 0.25) is 0 Å². The number of aryl methyl sites for hydroxylation is 3. The molecule has 8 nitrogen and oxygen atoms in total. The van der Waals surface area contributed by atoms with Gasteiger partial charge in [0, 0.05) is 13.2 Å². The highest BCUT2D eigenvalue weighted by Gasteiger charge is 2.30. The Balaban J connectivity index is 0.000000193. The SMILES string of the molecule is CCCCCCC1CCC(c2ccc(CCc3ccc(OCCCCOC4CCC(CCCCC)CC4)cc3)c(F)c2)CC1.CCCCCCCCc1ccc(C2CCC(c3ccc(C4CCC(C)CC4)cc3)CC2)cc1.CCCCCOc1ccc(C(=O)OC2CCC(c3ccc(C(=O)OCCCCCCOC4CCC(C)CC4)cc3)CC2)cc1. The molecule has 6 saturated carbocycles. The van der Waals surface area contributed by atoms with E-state index in [4.69, 9.17) is 28.4 Å². The zero-order valence-electron chi connectivity index (χ0n) is 76.9. The van der Waals surface area contributed by atoms with Crippen LogP contribution in [-0.2, 0) is 38.2 Å². The number of benzene rings is 6. The van der Waals surface area contributed by atoms with Crippen LogP contribution in [0.5, 0.6) is 11.5 Å². The van der Waals surface area contributed by atoms with Gasteiger partial charge in [0.25, 0.3) is 0 Å². The molecule has 0 aliphatic heterocycles. The van der Waals surface area contributed by atoms with Crippen LogP contribution < -0.4 is 9.47 Å². The standard InChI is InChI=1S/C41H63FO2.C38H54O6.C33H48/c1-3-5-7-9-13-33-14-21-36(22-15-33)38-25-24-37(41(42)32-38)23-16-35-19-28-40(29-20-35)44-31-11-10-30-43-39-26-17-34(18-27-39)12-8-6-4-2;1-3-4-7-26-41-35-22-18-33(19-23-35)38(40)44-36-24-16-31(17-25-36)30-12-14-32(15-13-30)37(39)43-28-9-6-5-8-27-42-34-20-10-29(2)11-21-34;1-3-4-5-6-7-8-9-27-12-16-29(17-13-27)31-20-24-33(25-21-31)32-22-18-30(19-23-32)28-14-10-26(2)11-15-28/h19-20,24-25,28-29,32-34,36,39H,3-18,21-23,26-27,30-31H2,1-2H3;12-15,18-19,22-23,29,31,34,36H,3-11,16-17,20-21,24-28H2,1-2H3;12-13,16-19,22-23,26,28,31,33H,3-11,14-15,20-21,24-25H2,1-2H3. The van der Waals surface area contributed by atoms with Crippen molar-refractivity contribution in [3.8, 4) is 11.5 Å². The zero-order valence-corrected chi connectivity index (χ0v) is 76.9.